The van der Waals surface area contributed by atoms with E-state index in [4.69, 9.17) is 0 Å². The van der Waals surface area contributed by atoms with Gasteiger partial charge in [-0.3, -0.25) is 9.18 Å². The number of hydrogen-bond acceptors (Lipinski definition) is 4. The third kappa shape index (κ3) is 4.87. The summed E-state index contributed by atoms with van der Waals surface area (Å²) in [7, 11) is 0. The Morgan fingerprint density at radius 3 is 3.00 bits per heavy atom. The Hall–Kier alpha value is -1.76. The van der Waals surface area contributed by atoms with Crippen molar-refractivity contribution < 1.29 is 9.18 Å². The van der Waals surface area contributed by atoms with Crippen molar-refractivity contribution in [3.05, 3.63) is 30.2 Å². The largest absolute Gasteiger partial charge is 0.385 e. The molecule has 2 heterocycles. The number of dihydropyridines is 1. The maximum absolute atomic E-state index is 12.5. The van der Waals surface area contributed by atoms with E-state index in [1.54, 1.807) is 16.7 Å². The highest BCUT2D eigenvalue weighted by atomic mass is 32.2. The molecule has 1 aliphatic heterocycles. The third-order valence-electron chi connectivity index (χ3n) is 3.74. The monoisotopic (exact) mass is 352 g/mol. The van der Waals surface area contributed by atoms with Crippen LogP contribution in [-0.2, 0) is 4.79 Å². The van der Waals surface area contributed by atoms with Gasteiger partial charge in [-0.05, 0) is 44.4 Å². The molecule has 0 aromatic carbocycles. The molecule has 2 rings (SSSR count). The molecule has 0 bridgehead atoms. The number of aromatic nitrogens is 2. The molecule has 24 heavy (non-hydrogen) atoms. The quantitative estimate of drug-likeness (QED) is 0.694. The van der Waals surface area contributed by atoms with Gasteiger partial charge in [0.2, 0.25) is 5.91 Å². The molecule has 1 N–H and O–H groups in total. The summed E-state index contributed by atoms with van der Waals surface area (Å²) in [6.45, 7) is 4.92. The number of carbonyl (C=O) groups is 1. The average molecular weight is 352 g/mol. The van der Waals surface area contributed by atoms with E-state index < -0.39 is 0 Å². The van der Waals surface area contributed by atoms with Gasteiger partial charge in [0.15, 0.2) is 0 Å². The predicted molar refractivity (Wildman–Crippen MR) is 98.9 cm³/mol. The normalized spacial score (nSPS) is 13.5. The summed E-state index contributed by atoms with van der Waals surface area (Å²) in [5, 5.41) is 7.69. The molecule has 0 atom stereocenters. The number of amides is 1. The Bertz CT molecular complexity index is 612. The number of allylic oxidation sites excluding steroid dienone is 2. The van der Waals surface area contributed by atoms with E-state index >= 15 is 0 Å². The molecule has 0 radical (unpaired) electrons. The number of hydrogen-bond donors (Lipinski definition) is 1. The van der Waals surface area contributed by atoms with Crippen LogP contribution in [0.1, 0.15) is 25.5 Å². The fourth-order valence-electron chi connectivity index (χ4n) is 2.50. The highest BCUT2D eigenvalue weighted by Gasteiger charge is 2.19. The van der Waals surface area contributed by atoms with Gasteiger partial charge in [-0.1, -0.05) is 0 Å². The molecule has 0 aliphatic carbocycles. The molecule has 5 nitrogen and oxygen atoms in total. The first-order valence-corrected chi connectivity index (χ1v) is 9.42. The Morgan fingerprint density at radius 2 is 2.33 bits per heavy atom. The van der Waals surface area contributed by atoms with Crippen molar-refractivity contribution in [2.45, 2.75) is 26.7 Å². The van der Waals surface area contributed by atoms with E-state index in [0.29, 0.717) is 25.9 Å². The Morgan fingerprint density at radius 1 is 1.50 bits per heavy atom. The van der Waals surface area contributed by atoms with Crippen LogP contribution in [0.5, 0.6) is 0 Å². The van der Waals surface area contributed by atoms with E-state index in [0.717, 1.165) is 28.6 Å². The van der Waals surface area contributed by atoms with Gasteiger partial charge in [-0.2, -0.15) is 16.9 Å². The number of anilines is 1. The minimum atomic E-state index is -0.291. The van der Waals surface area contributed by atoms with Crippen molar-refractivity contribution in [3.63, 3.8) is 0 Å². The Kier molecular flexibility index (Phi) is 7.36. The number of rotatable bonds is 9. The highest BCUT2D eigenvalue weighted by molar-refractivity contribution is 7.99. The molecule has 7 heteroatoms. The molecule has 1 amide bonds. The predicted octanol–water partition coefficient (Wildman–Crippen LogP) is 2.99. The first kappa shape index (κ1) is 18.6. The molecular formula is C17H25FN4OS. The number of thioether (sulfide) groups is 1. The van der Waals surface area contributed by atoms with Crippen LogP contribution >= 0.6 is 11.8 Å². The lowest BCUT2D eigenvalue weighted by Gasteiger charge is -2.20. The molecule has 1 aliphatic rings. The van der Waals surface area contributed by atoms with Crippen LogP contribution in [0.15, 0.2) is 24.5 Å². The lowest BCUT2D eigenvalue weighted by molar-refractivity contribution is -0.118. The van der Waals surface area contributed by atoms with E-state index in [9.17, 15) is 9.18 Å². The van der Waals surface area contributed by atoms with Crippen molar-refractivity contribution in [2.24, 2.45) is 0 Å². The van der Waals surface area contributed by atoms with Crippen molar-refractivity contribution in [1.82, 2.24) is 15.1 Å². The molecule has 1 aromatic heterocycles. The molecule has 0 saturated carbocycles. The van der Waals surface area contributed by atoms with Crippen molar-refractivity contribution in [2.75, 3.05) is 36.2 Å². The van der Waals surface area contributed by atoms with Crippen LogP contribution < -0.4 is 10.2 Å². The second-order valence-corrected chi connectivity index (χ2v) is 6.71. The van der Waals surface area contributed by atoms with Gasteiger partial charge in [-0.25, -0.2) is 4.68 Å². The summed E-state index contributed by atoms with van der Waals surface area (Å²) >= 11 is 1.63. The first-order chi connectivity index (χ1) is 11.7. The topological polar surface area (TPSA) is 50.2 Å². The van der Waals surface area contributed by atoms with Crippen LogP contribution in [-0.4, -0.2) is 47.0 Å². The maximum Gasteiger partial charge on any atom is 0.227 e. The van der Waals surface area contributed by atoms with Crippen molar-refractivity contribution >= 4 is 29.1 Å². The van der Waals surface area contributed by atoms with E-state index in [2.05, 4.69) is 10.4 Å². The fourth-order valence-corrected chi connectivity index (χ4v) is 3.34. The summed E-state index contributed by atoms with van der Waals surface area (Å²) in [5.41, 5.74) is 2.73. The number of aryl methyl sites for hydroxylation is 1. The van der Waals surface area contributed by atoms with Gasteiger partial charge in [0.25, 0.3) is 0 Å². The number of halogens is 1. The van der Waals surface area contributed by atoms with E-state index in [1.165, 1.54) is 0 Å². The van der Waals surface area contributed by atoms with Gasteiger partial charge in [0, 0.05) is 18.7 Å². The van der Waals surface area contributed by atoms with Gasteiger partial charge in [-0.15, -0.1) is 0 Å². The molecule has 1 aromatic rings. The van der Waals surface area contributed by atoms with Gasteiger partial charge < -0.3 is 10.2 Å². The minimum absolute atomic E-state index is 0.0866. The number of alkyl halides is 1. The molecule has 0 saturated heterocycles. The summed E-state index contributed by atoms with van der Waals surface area (Å²) in [5.74, 6) is 1.58. The van der Waals surface area contributed by atoms with Crippen LogP contribution in [0.25, 0.3) is 5.70 Å². The van der Waals surface area contributed by atoms with Crippen LogP contribution in [0.4, 0.5) is 10.1 Å². The zero-order valence-corrected chi connectivity index (χ0v) is 15.1. The Labute approximate surface area is 147 Å². The van der Waals surface area contributed by atoms with Crippen LogP contribution in [0.2, 0.25) is 0 Å². The molecular weight excluding hydrogens is 327 g/mol. The molecule has 0 fully saturated rings. The molecule has 132 valence electrons. The highest BCUT2D eigenvalue weighted by Crippen LogP contribution is 2.22. The van der Waals surface area contributed by atoms with E-state index in [1.807, 2.05) is 43.1 Å². The van der Waals surface area contributed by atoms with Gasteiger partial charge in [0.05, 0.1) is 36.5 Å². The fraction of sp³-hybridized carbons (Fsp3) is 0.529. The van der Waals surface area contributed by atoms with Crippen LogP contribution in [0.3, 0.4) is 0 Å². The van der Waals surface area contributed by atoms with Crippen molar-refractivity contribution in [1.29, 1.82) is 0 Å². The standard InChI is InChI=1S/C17H25FN4OS/c1-3-21(17(23)7-11-24-10-5-8-18)16-13-22(20-14(16)2)15-6-4-9-19-12-15/h4,6,9,13,19H,3,5,7-8,10-12H2,1-2H3. The van der Waals surface area contributed by atoms with Crippen molar-refractivity contribution in [3.8, 4) is 0 Å². The lowest BCUT2D eigenvalue weighted by atomic mass is 10.3. The Balaban J connectivity index is 2.01. The number of nitrogens with zero attached hydrogens (tertiary/aromatic N) is 3. The second kappa shape index (κ2) is 9.52. The first-order valence-electron chi connectivity index (χ1n) is 8.27. The SMILES string of the molecule is CCN(C(=O)CCSCCCF)c1cn(C2=CC=CNC2)nc1C. The number of carbonyl (C=O) groups excluding carboxylic acids is 1. The molecule has 0 unspecified atom stereocenters. The van der Waals surface area contributed by atoms with E-state index in [-0.39, 0.29) is 12.6 Å². The summed E-state index contributed by atoms with van der Waals surface area (Å²) < 4.78 is 13.9. The smallest absolute Gasteiger partial charge is 0.227 e. The van der Waals surface area contributed by atoms with Gasteiger partial charge >= 0.3 is 0 Å². The number of nitrogens with one attached hydrogen (secondary N) is 1. The average Bonchev–Trinajstić information content (AvgIpc) is 2.98. The van der Waals surface area contributed by atoms with Crippen LogP contribution in [0, 0.1) is 6.92 Å². The zero-order valence-electron chi connectivity index (χ0n) is 14.3. The van der Waals surface area contributed by atoms with Gasteiger partial charge in [0.1, 0.15) is 0 Å². The summed E-state index contributed by atoms with van der Waals surface area (Å²) in [6, 6.07) is 0. The minimum Gasteiger partial charge on any atom is -0.385 e. The molecule has 0 spiro atoms. The maximum atomic E-state index is 12.5. The third-order valence-corrected chi connectivity index (χ3v) is 4.81. The zero-order chi connectivity index (χ0) is 17.4. The lowest BCUT2D eigenvalue weighted by Crippen LogP contribution is -2.31. The second-order valence-electron chi connectivity index (χ2n) is 5.49. The summed E-state index contributed by atoms with van der Waals surface area (Å²) in [6.07, 6.45) is 8.77. The summed E-state index contributed by atoms with van der Waals surface area (Å²) in [4.78, 5) is 14.3.